The number of carbonyl (C=O) groups excluding carboxylic acids is 1. The summed E-state index contributed by atoms with van der Waals surface area (Å²) < 4.78 is 29.9. The van der Waals surface area contributed by atoms with Crippen molar-refractivity contribution in [3.63, 3.8) is 0 Å². The zero-order valence-corrected chi connectivity index (χ0v) is 22.9. The van der Waals surface area contributed by atoms with Crippen molar-refractivity contribution in [3.05, 3.63) is 130 Å². The fourth-order valence-electron chi connectivity index (χ4n) is 4.87. The molecule has 0 atom stereocenters. The van der Waals surface area contributed by atoms with E-state index in [-0.39, 0.29) is 20.9 Å². The molecule has 6 aromatic rings. The van der Waals surface area contributed by atoms with Crippen LogP contribution in [-0.2, 0) is 9.84 Å². The molecule has 0 amide bonds. The summed E-state index contributed by atoms with van der Waals surface area (Å²) in [5, 5.41) is 0.502. The van der Waals surface area contributed by atoms with Crippen LogP contribution in [0.25, 0.3) is 27.5 Å². The Morgan fingerprint density at radius 3 is 2.20 bits per heavy atom. The molecule has 1 N–H and O–H groups in total. The number of anilines is 1. The molecule has 0 radical (unpaired) electrons. The molecule has 0 aliphatic carbocycles. The van der Waals surface area contributed by atoms with Gasteiger partial charge in [-0.1, -0.05) is 30.3 Å². The van der Waals surface area contributed by atoms with Gasteiger partial charge in [-0.05, 0) is 66.7 Å². The number of hydrogen-bond acceptors (Lipinski definition) is 6. The maximum atomic E-state index is 13.8. The van der Waals surface area contributed by atoms with Gasteiger partial charge in [0.15, 0.2) is 0 Å². The van der Waals surface area contributed by atoms with E-state index >= 15 is 0 Å². The second-order valence-electron chi connectivity index (χ2n) is 9.74. The normalized spacial score (nSPS) is 11.7. The van der Waals surface area contributed by atoms with E-state index in [4.69, 9.17) is 0 Å². The maximum Gasteiger partial charge on any atom is 0.333 e. The molecule has 0 unspecified atom stereocenters. The minimum absolute atomic E-state index is 0.0490. The molecule has 41 heavy (non-hydrogen) atoms. The number of nitrogens with one attached hydrogen (secondary N) is 1. The average molecular weight is 565 g/mol. The van der Waals surface area contributed by atoms with Gasteiger partial charge in [-0.25, -0.2) is 17.8 Å². The van der Waals surface area contributed by atoms with Crippen molar-refractivity contribution < 1.29 is 13.2 Å². The molecule has 2 heterocycles. The first-order valence-corrected chi connectivity index (χ1v) is 14.2. The zero-order valence-electron chi connectivity index (χ0n) is 22.1. The first-order valence-electron chi connectivity index (χ1n) is 12.7. The molecule has 6 rings (SSSR count). The molecular weight excluding hydrogens is 540 g/mol. The van der Waals surface area contributed by atoms with Crippen molar-refractivity contribution in [2.24, 2.45) is 0 Å². The fraction of sp³-hybridized carbons (Fsp3) is 0.0645. The van der Waals surface area contributed by atoms with E-state index in [1.165, 1.54) is 35.0 Å². The van der Waals surface area contributed by atoms with Crippen LogP contribution >= 0.6 is 0 Å². The summed E-state index contributed by atoms with van der Waals surface area (Å²) in [5.41, 5.74) is 0.924. The summed E-state index contributed by atoms with van der Waals surface area (Å²) in [4.78, 5) is 44.5. The predicted molar refractivity (Wildman–Crippen MR) is 158 cm³/mol. The fourth-order valence-corrected chi connectivity index (χ4v) is 6.34. The van der Waals surface area contributed by atoms with Gasteiger partial charge >= 0.3 is 5.69 Å². The number of fused-ring (bicyclic) bond motifs is 2. The summed E-state index contributed by atoms with van der Waals surface area (Å²) in [6.07, 6.45) is 1.30. The van der Waals surface area contributed by atoms with Gasteiger partial charge in [0.25, 0.3) is 11.5 Å². The lowest BCUT2D eigenvalue weighted by atomic mass is 10.1. The number of H-pyrrole nitrogens is 1. The lowest BCUT2D eigenvalue weighted by molar-refractivity contribution is 0.0964. The largest absolute Gasteiger partial charge is 0.378 e. The molecule has 0 aliphatic heterocycles. The van der Waals surface area contributed by atoms with Gasteiger partial charge in [0.2, 0.25) is 9.84 Å². The molecule has 0 fully saturated rings. The van der Waals surface area contributed by atoms with Gasteiger partial charge in [-0.2, -0.15) is 0 Å². The number of hydrogen-bond donors (Lipinski definition) is 1. The van der Waals surface area contributed by atoms with E-state index in [1.807, 2.05) is 19.0 Å². The lowest BCUT2D eigenvalue weighted by Gasteiger charge is -2.12. The van der Waals surface area contributed by atoms with Crippen LogP contribution in [-0.4, -0.2) is 42.5 Å². The number of nitrogens with zero attached hydrogens (tertiary/aromatic N) is 3. The number of para-hydroxylation sites is 1. The van der Waals surface area contributed by atoms with Gasteiger partial charge in [0.05, 0.1) is 31.9 Å². The van der Waals surface area contributed by atoms with Gasteiger partial charge in [-0.15, -0.1) is 0 Å². The van der Waals surface area contributed by atoms with Crippen molar-refractivity contribution >= 4 is 43.2 Å². The summed E-state index contributed by atoms with van der Waals surface area (Å²) in [5.74, 6) is -0.428. The van der Waals surface area contributed by atoms with Crippen LogP contribution < -0.4 is 16.1 Å². The Morgan fingerprint density at radius 1 is 0.805 bits per heavy atom. The Hall–Kier alpha value is -5.22. The predicted octanol–water partition coefficient (Wildman–Crippen LogP) is 4.22. The van der Waals surface area contributed by atoms with E-state index in [1.54, 1.807) is 72.8 Å². The smallest absolute Gasteiger partial charge is 0.333 e. The van der Waals surface area contributed by atoms with Gasteiger partial charge in [0.1, 0.15) is 0 Å². The molecule has 204 valence electrons. The maximum absolute atomic E-state index is 13.8. The summed E-state index contributed by atoms with van der Waals surface area (Å²) in [6, 6.07) is 26.0. The molecule has 10 heteroatoms. The number of aromatic nitrogens is 3. The minimum atomic E-state index is -4.09. The van der Waals surface area contributed by atoms with Crippen LogP contribution in [0.1, 0.15) is 10.4 Å². The highest BCUT2D eigenvalue weighted by Gasteiger charge is 2.26. The Kier molecular flexibility index (Phi) is 6.19. The number of aromatic amines is 1. The van der Waals surface area contributed by atoms with Gasteiger partial charge < -0.3 is 9.88 Å². The van der Waals surface area contributed by atoms with E-state index in [0.29, 0.717) is 22.0 Å². The average Bonchev–Trinajstić information content (AvgIpc) is 3.37. The highest BCUT2D eigenvalue weighted by molar-refractivity contribution is 7.91. The molecule has 9 nitrogen and oxygen atoms in total. The van der Waals surface area contributed by atoms with Crippen LogP contribution in [0, 0.1) is 0 Å². The van der Waals surface area contributed by atoms with Crippen LogP contribution in [0.3, 0.4) is 0 Å². The number of sulfone groups is 1. The molecule has 0 bridgehead atoms. The highest BCUT2D eigenvalue weighted by Crippen LogP contribution is 2.32. The first kappa shape index (κ1) is 26.0. The molecule has 4 aromatic carbocycles. The Labute approximate surface area is 234 Å². The molecule has 0 saturated heterocycles. The van der Waals surface area contributed by atoms with Crippen molar-refractivity contribution in [1.29, 1.82) is 0 Å². The standard InChI is InChI=1S/C31H24N4O5S/c1-33(2)21-14-12-20(13-15-21)29(36)34-19-28(41(39,40)23-8-4-3-5-9-23)25-18-22(16-17-27(25)34)35-30(37)24-10-6-7-11-26(24)32-31(35)38/h3-19H,1-2H3,(H,32,38). The van der Waals surface area contributed by atoms with Crippen LogP contribution in [0.15, 0.2) is 123 Å². The van der Waals surface area contributed by atoms with E-state index in [9.17, 15) is 22.8 Å². The third kappa shape index (κ3) is 4.34. The Balaban J connectivity index is 1.60. The third-order valence-corrected chi connectivity index (χ3v) is 8.80. The number of benzene rings is 4. The van der Waals surface area contributed by atoms with Gasteiger partial charge in [0, 0.05) is 36.9 Å². The zero-order chi connectivity index (χ0) is 28.9. The summed E-state index contributed by atoms with van der Waals surface area (Å²) in [6.45, 7) is 0. The van der Waals surface area contributed by atoms with E-state index < -0.39 is 27.0 Å². The third-order valence-electron chi connectivity index (χ3n) is 7.01. The van der Waals surface area contributed by atoms with Crippen LogP contribution in [0.2, 0.25) is 0 Å². The lowest BCUT2D eigenvalue weighted by Crippen LogP contribution is -2.33. The van der Waals surface area contributed by atoms with E-state index in [0.717, 1.165) is 10.3 Å². The van der Waals surface area contributed by atoms with Crippen molar-refractivity contribution in [3.8, 4) is 5.69 Å². The Bertz CT molecular complexity index is 2190. The van der Waals surface area contributed by atoms with Crippen molar-refractivity contribution in [2.45, 2.75) is 9.79 Å². The van der Waals surface area contributed by atoms with E-state index in [2.05, 4.69) is 4.98 Å². The van der Waals surface area contributed by atoms with Gasteiger partial charge in [-0.3, -0.25) is 14.2 Å². The molecule has 0 spiro atoms. The quantitative estimate of drug-likeness (QED) is 0.335. The second kappa shape index (κ2) is 9.76. The van der Waals surface area contributed by atoms with Crippen molar-refractivity contribution in [2.75, 3.05) is 19.0 Å². The van der Waals surface area contributed by atoms with Crippen LogP contribution in [0.5, 0.6) is 0 Å². The first-order chi connectivity index (χ1) is 19.7. The second-order valence-corrected chi connectivity index (χ2v) is 11.7. The topological polar surface area (TPSA) is 114 Å². The summed E-state index contributed by atoms with van der Waals surface area (Å²) in [7, 11) is -0.306. The van der Waals surface area contributed by atoms with Crippen LogP contribution in [0.4, 0.5) is 5.69 Å². The molecular formula is C31H24N4O5S. The number of rotatable bonds is 5. The molecule has 0 aliphatic rings. The van der Waals surface area contributed by atoms with Crippen molar-refractivity contribution in [1.82, 2.24) is 14.1 Å². The number of carbonyl (C=O) groups is 1. The SMILES string of the molecule is CN(C)c1ccc(C(=O)n2cc(S(=O)(=O)c3ccccc3)c3cc(-n4c(=O)[nH]c5ccccc5c4=O)ccc32)cc1. The monoisotopic (exact) mass is 564 g/mol. The summed E-state index contributed by atoms with van der Waals surface area (Å²) >= 11 is 0. The Morgan fingerprint density at radius 2 is 1.49 bits per heavy atom. The molecule has 2 aromatic heterocycles. The highest BCUT2D eigenvalue weighted by atomic mass is 32.2. The molecule has 0 saturated carbocycles. The minimum Gasteiger partial charge on any atom is -0.378 e.